The van der Waals surface area contributed by atoms with E-state index in [1.54, 1.807) is 6.20 Å². The Morgan fingerprint density at radius 1 is 1.46 bits per heavy atom. The molecule has 0 spiro atoms. The van der Waals surface area contributed by atoms with Gasteiger partial charge in [0.1, 0.15) is 5.82 Å². The summed E-state index contributed by atoms with van der Waals surface area (Å²) in [6.07, 6.45) is 2.98. The van der Waals surface area contributed by atoms with E-state index in [9.17, 15) is 0 Å². The molecule has 0 radical (unpaired) electrons. The number of nitrogens with zero attached hydrogens (tertiary/aromatic N) is 1. The second-order valence-corrected chi connectivity index (χ2v) is 3.69. The zero-order valence-corrected chi connectivity index (χ0v) is 8.62. The zero-order chi connectivity index (χ0) is 9.84. The van der Waals surface area contributed by atoms with Crippen LogP contribution >= 0.6 is 0 Å². The highest BCUT2D eigenvalue weighted by atomic mass is 14.8. The summed E-state index contributed by atoms with van der Waals surface area (Å²) >= 11 is 0. The van der Waals surface area contributed by atoms with E-state index in [1.807, 2.05) is 12.1 Å². The van der Waals surface area contributed by atoms with Crippen LogP contribution in [0.4, 0.5) is 5.82 Å². The summed E-state index contributed by atoms with van der Waals surface area (Å²) in [5.74, 6) is 1.88. The second-order valence-electron chi connectivity index (χ2n) is 3.69. The Kier molecular flexibility index (Phi) is 3.29. The largest absolute Gasteiger partial charge is 0.384 e. The molecule has 0 aromatic carbocycles. The van der Waals surface area contributed by atoms with Gasteiger partial charge in [0.15, 0.2) is 0 Å². The highest BCUT2D eigenvalue weighted by molar-refractivity contribution is 5.33. The Balaban J connectivity index is 2.82. The van der Waals surface area contributed by atoms with E-state index in [1.165, 1.54) is 12.0 Å². The molecular weight excluding hydrogens is 160 g/mol. The van der Waals surface area contributed by atoms with Gasteiger partial charge in [0.2, 0.25) is 0 Å². The molecule has 2 atom stereocenters. The van der Waals surface area contributed by atoms with E-state index in [0.29, 0.717) is 17.7 Å². The van der Waals surface area contributed by atoms with E-state index >= 15 is 0 Å². The summed E-state index contributed by atoms with van der Waals surface area (Å²) in [4.78, 5) is 3.99. The summed E-state index contributed by atoms with van der Waals surface area (Å²) in [6.45, 7) is 6.72. The molecule has 1 aromatic rings. The number of aromatic nitrogens is 1. The van der Waals surface area contributed by atoms with Crippen LogP contribution in [0.5, 0.6) is 0 Å². The standard InChI is InChI=1S/C11H18N2/c1-4-8(2)9(3)10-5-6-13-11(12)7-10/h5-9H,4H2,1-3H3,(H2,12,13). The molecule has 0 saturated heterocycles. The molecule has 0 fully saturated rings. The third kappa shape index (κ3) is 2.44. The van der Waals surface area contributed by atoms with Crippen molar-refractivity contribution in [3.05, 3.63) is 23.9 Å². The summed E-state index contributed by atoms with van der Waals surface area (Å²) in [6, 6.07) is 4.02. The quantitative estimate of drug-likeness (QED) is 0.773. The monoisotopic (exact) mass is 178 g/mol. The maximum absolute atomic E-state index is 5.63. The lowest BCUT2D eigenvalue weighted by Crippen LogP contribution is -2.05. The molecule has 0 saturated carbocycles. The predicted octanol–water partition coefficient (Wildman–Crippen LogP) is 2.81. The molecule has 1 aromatic heterocycles. The molecule has 0 bridgehead atoms. The van der Waals surface area contributed by atoms with Crippen LogP contribution in [0.15, 0.2) is 18.3 Å². The number of hydrogen-bond acceptors (Lipinski definition) is 2. The third-order valence-corrected chi connectivity index (χ3v) is 2.83. The lowest BCUT2D eigenvalue weighted by molar-refractivity contribution is 0.473. The van der Waals surface area contributed by atoms with E-state index in [4.69, 9.17) is 5.73 Å². The number of nitrogen functional groups attached to an aromatic ring is 1. The molecule has 2 nitrogen and oxygen atoms in total. The molecule has 0 aliphatic rings. The van der Waals surface area contributed by atoms with Crippen molar-refractivity contribution in [1.29, 1.82) is 0 Å². The van der Waals surface area contributed by atoms with E-state index in [-0.39, 0.29) is 0 Å². The fraction of sp³-hybridized carbons (Fsp3) is 0.545. The Hall–Kier alpha value is -1.05. The van der Waals surface area contributed by atoms with Gasteiger partial charge in [-0.2, -0.15) is 0 Å². The third-order valence-electron chi connectivity index (χ3n) is 2.83. The van der Waals surface area contributed by atoms with Gasteiger partial charge in [0, 0.05) is 6.20 Å². The molecule has 1 rings (SSSR count). The van der Waals surface area contributed by atoms with Crippen LogP contribution in [-0.4, -0.2) is 4.98 Å². The van der Waals surface area contributed by atoms with Crippen molar-refractivity contribution < 1.29 is 0 Å². The van der Waals surface area contributed by atoms with Crippen molar-refractivity contribution in [2.45, 2.75) is 33.1 Å². The Morgan fingerprint density at radius 2 is 2.15 bits per heavy atom. The summed E-state index contributed by atoms with van der Waals surface area (Å²) in [7, 11) is 0. The highest BCUT2D eigenvalue weighted by Gasteiger charge is 2.12. The van der Waals surface area contributed by atoms with Crippen LogP contribution < -0.4 is 5.73 Å². The average molecular weight is 178 g/mol. The highest BCUT2D eigenvalue weighted by Crippen LogP contribution is 2.26. The van der Waals surface area contributed by atoms with E-state index < -0.39 is 0 Å². The minimum absolute atomic E-state index is 0.565. The second kappa shape index (κ2) is 4.26. The average Bonchev–Trinajstić information content (AvgIpc) is 2.15. The van der Waals surface area contributed by atoms with Crippen molar-refractivity contribution >= 4 is 5.82 Å². The first-order valence-electron chi connectivity index (χ1n) is 4.86. The van der Waals surface area contributed by atoms with Crippen LogP contribution in [-0.2, 0) is 0 Å². The van der Waals surface area contributed by atoms with Gasteiger partial charge in [-0.1, -0.05) is 27.2 Å². The summed E-state index contributed by atoms with van der Waals surface area (Å²) < 4.78 is 0. The lowest BCUT2D eigenvalue weighted by Gasteiger charge is -2.18. The summed E-state index contributed by atoms with van der Waals surface area (Å²) in [5, 5.41) is 0. The van der Waals surface area contributed by atoms with Gasteiger partial charge >= 0.3 is 0 Å². The number of hydrogen-bond donors (Lipinski definition) is 1. The smallest absolute Gasteiger partial charge is 0.123 e. The van der Waals surface area contributed by atoms with Gasteiger partial charge in [-0.05, 0) is 29.5 Å². The van der Waals surface area contributed by atoms with Crippen molar-refractivity contribution in [3.63, 3.8) is 0 Å². The van der Waals surface area contributed by atoms with Gasteiger partial charge in [-0.15, -0.1) is 0 Å². The fourth-order valence-corrected chi connectivity index (χ4v) is 1.43. The molecule has 2 N–H and O–H groups in total. The molecule has 0 aliphatic heterocycles. The Labute approximate surface area is 80.2 Å². The van der Waals surface area contributed by atoms with Crippen LogP contribution in [0.2, 0.25) is 0 Å². The number of anilines is 1. The Morgan fingerprint density at radius 3 is 2.69 bits per heavy atom. The van der Waals surface area contributed by atoms with Gasteiger partial charge < -0.3 is 5.73 Å². The van der Waals surface area contributed by atoms with Gasteiger partial charge in [-0.25, -0.2) is 4.98 Å². The van der Waals surface area contributed by atoms with Crippen molar-refractivity contribution in [1.82, 2.24) is 4.98 Å². The molecule has 72 valence electrons. The van der Waals surface area contributed by atoms with Gasteiger partial charge in [0.25, 0.3) is 0 Å². The molecule has 1 heterocycles. The molecule has 2 unspecified atom stereocenters. The first kappa shape index (κ1) is 10.0. The molecule has 13 heavy (non-hydrogen) atoms. The van der Waals surface area contributed by atoms with Crippen LogP contribution in [0.3, 0.4) is 0 Å². The lowest BCUT2D eigenvalue weighted by atomic mass is 9.88. The zero-order valence-electron chi connectivity index (χ0n) is 8.62. The first-order valence-corrected chi connectivity index (χ1v) is 4.86. The molecular formula is C11H18N2. The number of pyridine rings is 1. The maximum atomic E-state index is 5.63. The predicted molar refractivity (Wildman–Crippen MR) is 56.5 cm³/mol. The summed E-state index contributed by atoms with van der Waals surface area (Å²) in [5.41, 5.74) is 6.92. The number of rotatable bonds is 3. The fourth-order valence-electron chi connectivity index (χ4n) is 1.43. The molecule has 2 heteroatoms. The van der Waals surface area contributed by atoms with Crippen LogP contribution in [0.1, 0.15) is 38.7 Å². The van der Waals surface area contributed by atoms with Crippen molar-refractivity contribution in [2.24, 2.45) is 5.92 Å². The molecule has 0 aliphatic carbocycles. The van der Waals surface area contributed by atoms with Gasteiger partial charge in [0.05, 0.1) is 0 Å². The first-order chi connectivity index (χ1) is 6.15. The van der Waals surface area contributed by atoms with Gasteiger partial charge in [-0.3, -0.25) is 0 Å². The van der Waals surface area contributed by atoms with Crippen molar-refractivity contribution in [2.75, 3.05) is 5.73 Å². The van der Waals surface area contributed by atoms with E-state index in [0.717, 1.165) is 0 Å². The normalized spacial score (nSPS) is 15.3. The maximum Gasteiger partial charge on any atom is 0.123 e. The van der Waals surface area contributed by atoms with Crippen LogP contribution in [0.25, 0.3) is 0 Å². The van der Waals surface area contributed by atoms with Crippen LogP contribution in [0, 0.1) is 5.92 Å². The Bertz CT molecular complexity index is 271. The minimum Gasteiger partial charge on any atom is -0.384 e. The van der Waals surface area contributed by atoms with E-state index in [2.05, 4.69) is 25.8 Å². The molecule has 0 amide bonds. The SMILES string of the molecule is CCC(C)C(C)c1ccnc(N)c1. The van der Waals surface area contributed by atoms with Crippen molar-refractivity contribution in [3.8, 4) is 0 Å². The number of nitrogens with two attached hydrogens (primary N) is 1. The topological polar surface area (TPSA) is 38.9 Å². The minimum atomic E-state index is 0.565.